The first-order chi connectivity index (χ1) is 10.9. The van der Waals surface area contributed by atoms with Crippen LogP contribution in [0.15, 0.2) is 41.3 Å². The summed E-state index contributed by atoms with van der Waals surface area (Å²) < 4.78 is 33.6. The first-order valence-corrected chi connectivity index (χ1v) is 9.18. The SMILES string of the molecule is CCc1ccc(CC)c(S(=O)(=O)Nc2cc(C)ccc2OC)c1. The van der Waals surface area contributed by atoms with Gasteiger partial charge in [-0.1, -0.05) is 32.0 Å². The van der Waals surface area contributed by atoms with Crippen molar-refractivity contribution in [3.05, 3.63) is 53.1 Å². The van der Waals surface area contributed by atoms with Crippen molar-refractivity contribution in [3.8, 4) is 5.75 Å². The van der Waals surface area contributed by atoms with E-state index < -0.39 is 10.0 Å². The van der Waals surface area contributed by atoms with Crippen LogP contribution in [0.3, 0.4) is 0 Å². The lowest BCUT2D eigenvalue weighted by Crippen LogP contribution is -2.16. The number of sulfonamides is 1. The normalized spacial score (nSPS) is 11.3. The molecular weight excluding hydrogens is 310 g/mol. The van der Waals surface area contributed by atoms with E-state index in [1.54, 1.807) is 18.2 Å². The molecule has 0 radical (unpaired) electrons. The third kappa shape index (κ3) is 3.85. The van der Waals surface area contributed by atoms with Crippen molar-refractivity contribution in [3.63, 3.8) is 0 Å². The number of anilines is 1. The van der Waals surface area contributed by atoms with Gasteiger partial charge >= 0.3 is 0 Å². The Bertz CT molecular complexity index is 798. The summed E-state index contributed by atoms with van der Waals surface area (Å²) in [5.74, 6) is 0.504. The summed E-state index contributed by atoms with van der Waals surface area (Å²) in [6, 6.07) is 11.0. The van der Waals surface area contributed by atoms with Crippen LogP contribution in [0.5, 0.6) is 5.75 Å². The van der Waals surface area contributed by atoms with Crippen LogP contribution in [-0.2, 0) is 22.9 Å². The molecule has 0 aromatic heterocycles. The van der Waals surface area contributed by atoms with Crippen molar-refractivity contribution in [2.75, 3.05) is 11.8 Å². The minimum atomic E-state index is -3.67. The first-order valence-electron chi connectivity index (χ1n) is 7.70. The first kappa shape index (κ1) is 17.3. The second kappa shape index (κ2) is 7.04. The average Bonchev–Trinajstić information content (AvgIpc) is 2.54. The van der Waals surface area contributed by atoms with Gasteiger partial charge in [0.1, 0.15) is 5.75 Å². The Morgan fingerprint density at radius 3 is 2.39 bits per heavy atom. The third-order valence-corrected chi connectivity index (χ3v) is 5.26. The quantitative estimate of drug-likeness (QED) is 0.871. The van der Waals surface area contributed by atoms with Gasteiger partial charge in [0.15, 0.2) is 0 Å². The van der Waals surface area contributed by atoms with Crippen molar-refractivity contribution in [2.24, 2.45) is 0 Å². The molecule has 0 saturated heterocycles. The van der Waals surface area contributed by atoms with Crippen LogP contribution in [0.4, 0.5) is 5.69 Å². The molecule has 23 heavy (non-hydrogen) atoms. The number of nitrogens with one attached hydrogen (secondary N) is 1. The molecular formula is C18H23NO3S. The number of hydrogen-bond donors (Lipinski definition) is 1. The predicted octanol–water partition coefficient (Wildman–Crippen LogP) is 3.93. The largest absolute Gasteiger partial charge is 0.495 e. The lowest BCUT2D eigenvalue weighted by Gasteiger charge is -2.15. The summed E-state index contributed by atoms with van der Waals surface area (Å²) in [6.07, 6.45) is 1.45. The van der Waals surface area contributed by atoms with Crippen LogP contribution in [0, 0.1) is 6.92 Å². The summed E-state index contributed by atoms with van der Waals surface area (Å²) in [5, 5.41) is 0. The van der Waals surface area contributed by atoms with Crippen LogP contribution in [-0.4, -0.2) is 15.5 Å². The smallest absolute Gasteiger partial charge is 0.262 e. The Kier molecular flexibility index (Phi) is 5.31. The van der Waals surface area contributed by atoms with Gasteiger partial charge in [0.05, 0.1) is 17.7 Å². The Labute approximate surface area is 138 Å². The van der Waals surface area contributed by atoms with Crippen LogP contribution in [0.25, 0.3) is 0 Å². The summed E-state index contributed by atoms with van der Waals surface area (Å²) >= 11 is 0. The van der Waals surface area contributed by atoms with Crippen molar-refractivity contribution >= 4 is 15.7 Å². The Morgan fingerprint density at radius 2 is 1.78 bits per heavy atom. The third-order valence-electron chi connectivity index (χ3n) is 3.81. The van der Waals surface area contributed by atoms with Gasteiger partial charge in [0.25, 0.3) is 10.0 Å². The molecule has 0 heterocycles. The van der Waals surface area contributed by atoms with Gasteiger partial charge in [-0.15, -0.1) is 0 Å². The summed E-state index contributed by atoms with van der Waals surface area (Å²) in [4.78, 5) is 0.336. The minimum Gasteiger partial charge on any atom is -0.495 e. The second-order valence-corrected chi connectivity index (χ2v) is 7.11. The Morgan fingerprint density at radius 1 is 1.04 bits per heavy atom. The van der Waals surface area contributed by atoms with Gasteiger partial charge in [-0.3, -0.25) is 4.72 Å². The molecule has 1 N–H and O–H groups in total. The molecule has 2 rings (SSSR count). The maximum absolute atomic E-state index is 12.9. The zero-order valence-corrected chi connectivity index (χ0v) is 14.8. The molecule has 0 aliphatic rings. The molecule has 0 unspecified atom stereocenters. The number of methoxy groups -OCH3 is 1. The van der Waals surface area contributed by atoms with Crippen molar-refractivity contribution in [1.29, 1.82) is 0 Å². The van der Waals surface area contributed by atoms with Gasteiger partial charge in [-0.05, 0) is 54.7 Å². The fraction of sp³-hybridized carbons (Fsp3) is 0.333. The zero-order chi connectivity index (χ0) is 17.0. The van der Waals surface area contributed by atoms with Gasteiger partial charge in [-0.25, -0.2) is 8.42 Å². The predicted molar refractivity (Wildman–Crippen MR) is 93.7 cm³/mol. The molecule has 0 spiro atoms. The molecule has 0 bridgehead atoms. The number of rotatable bonds is 6. The summed E-state index contributed by atoms with van der Waals surface area (Å²) in [7, 11) is -2.14. The molecule has 0 atom stereocenters. The standard InChI is InChI=1S/C18H23NO3S/c1-5-14-8-9-15(6-2)18(12-14)23(20,21)19-16-11-13(3)7-10-17(16)22-4/h7-12,19H,5-6H2,1-4H3. The fourth-order valence-electron chi connectivity index (χ4n) is 2.46. The van der Waals surface area contributed by atoms with Gasteiger partial charge in [-0.2, -0.15) is 0 Å². The highest BCUT2D eigenvalue weighted by atomic mass is 32.2. The molecule has 2 aromatic rings. The van der Waals surface area contributed by atoms with E-state index in [4.69, 9.17) is 4.74 Å². The molecule has 124 valence electrons. The molecule has 0 aliphatic heterocycles. The molecule has 2 aromatic carbocycles. The fourth-order valence-corrected chi connectivity index (χ4v) is 3.89. The van der Waals surface area contributed by atoms with E-state index >= 15 is 0 Å². The van der Waals surface area contributed by atoms with Gasteiger partial charge in [0.2, 0.25) is 0 Å². The molecule has 0 amide bonds. The monoisotopic (exact) mass is 333 g/mol. The Balaban J connectivity index is 2.49. The van der Waals surface area contributed by atoms with Gasteiger partial charge < -0.3 is 4.74 Å². The highest BCUT2D eigenvalue weighted by molar-refractivity contribution is 7.92. The molecule has 0 aliphatic carbocycles. The maximum atomic E-state index is 12.9. The second-order valence-electron chi connectivity index (χ2n) is 5.46. The van der Waals surface area contributed by atoms with Crippen LogP contribution in [0.1, 0.15) is 30.5 Å². The number of aryl methyl sites for hydroxylation is 3. The van der Waals surface area contributed by atoms with E-state index in [-0.39, 0.29) is 0 Å². The number of benzene rings is 2. The maximum Gasteiger partial charge on any atom is 0.262 e. The van der Waals surface area contributed by atoms with Crippen molar-refractivity contribution < 1.29 is 13.2 Å². The van der Waals surface area contributed by atoms with Crippen LogP contribution >= 0.6 is 0 Å². The van der Waals surface area contributed by atoms with E-state index in [2.05, 4.69) is 4.72 Å². The van der Waals surface area contributed by atoms with Crippen LogP contribution in [0.2, 0.25) is 0 Å². The zero-order valence-electron chi connectivity index (χ0n) is 14.0. The van der Waals surface area contributed by atoms with Gasteiger partial charge in [0, 0.05) is 0 Å². The summed E-state index contributed by atoms with van der Waals surface area (Å²) in [5.41, 5.74) is 3.22. The molecule has 0 saturated carbocycles. The summed E-state index contributed by atoms with van der Waals surface area (Å²) in [6.45, 7) is 5.87. The average molecular weight is 333 g/mol. The van der Waals surface area contributed by atoms with Crippen molar-refractivity contribution in [2.45, 2.75) is 38.5 Å². The van der Waals surface area contributed by atoms with E-state index in [1.807, 2.05) is 39.0 Å². The lowest BCUT2D eigenvalue weighted by atomic mass is 10.1. The number of hydrogen-bond acceptors (Lipinski definition) is 3. The highest BCUT2D eigenvalue weighted by Gasteiger charge is 2.20. The lowest BCUT2D eigenvalue weighted by molar-refractivity contribution is 0.417. The molecule has 0 fully saturated rings. The Hall–Kier alpha value is -2.01. The van der Waals surface area contributed by atoms with Crippen molar-refractivity contribution in [1.82, 2.24) is 0 Å². The topological polar surface area (TPSA) is 55.4 Å². The number of ether oxygens (including phenoxy) is 1. The van der Waals surface area contributed by atoms with E-state index in [0.29, 0.717) is 22.8 Å². The van der Waals surface area contributed by atoms with E-state index in [9.17, 15) is 8.42 Å². The van der Waals surface area contributed by atoms with E-state index in [0.717, 1.165) is 23.1 Å². The molecule has 5 heteroatoms. The minimum absolute atomic E-state index is 0.336. The van der Waals surface area contributed by atoms with E-state index in [1.165, 1.54) is 7.11 Å². The van der Waals surface area contributed by atoms with Crippen LogP contribution < -0.4 is 9.46 Å². The highest BCUT2D eigenvalue weighted by Crippen LogP contribution is 2.29. The molecule has 4 nitrogen and oxygen atoms in total.